The first-order chi connectivity index (χ1) is 13.8. The van der Waals surface area contributed by atoms with Gasteiger partial charge in [-0.25, -0.2) is 4.98 Å². The molecule has 29 heavy (non-hydrogen) atoms. The Morgan fingerprint density at radius 1 is 1.24 bits per heavy atom. The third-order valence-corrected chi connectivity index (χ3v) is 4.34. The first kappa shape index (κ1) is 19.0. The minimum absolute atomic E-state index is 0.00359. The van der Waals surface area contributed by atoms with Crippen LogP contribution in [0.15, 0.2) is 24.3 Å². The Hall–Kier alpha value is -3.37. The van der Waals surface area contributed by atoms with Crippen molar-refractivity contribution in [1.29, 1.82) is 0 Å². The summed E-state index contributed by atoms with van der Waals surface area (Å²) in [7, 11) is 0. The lowest BCUT2D eigenvalue weighted by atomic mass is 10.0. The number of aromatic nitrogens is 4. The van der Waals surface area contributed by atoms with Crippen LogP contribution in [0.3, 0.4) is 0 Å². The molecule has 0 radical (unpaired) electrons. The zero-order valence-corrected chi connectivity index (χ0v) is 15.4. The number of hydrogen-bond acceptors (Lipinski definition) is 6. The average Bonchev–Trinajstić information content (AvgIpc) is 3.09. The number of nitrogens with zero attached hydrogens (tertiary/aromatic N) is 4. The minimum atomic E-state index is -4.64. The molecule has 0 aliphatic carbocycles. The molecule has 1 aromatic carbocycles. The van der Waals surface area contributed by atoms with Gasteiger partial charge in [-0.3, -0.25) is 4.79 Å². The van der Waals surface area contributed by atoms with E-state index in [0.29, 0.717) is 36.6 Å². The number of fused-ring (bicyclic) bond motifs is 2. The summed E-state index contributed by atoms with van der Waals surface area (Å²) >= 11 is 0. The maximum absolute atomic E-state index is 12.9. The van der Waals surface area contributed by atoms with Crippen LogP contribution in [0.2, 0.25) is 0 Å². The molecule has 2 aromatic heterocycles. The SMILES string of the molecule is Cc1cc(NCCOc2ccc3c(c2)CCC(=O)N3)n2nc(C(F)(F)F)nc2n1. The maximum Gasteiger partial charge on any atom is 0.453 e. The Labute approximate surface area is 163 Å². The van der Waals surface area contributed by atoms with Crippen molar-refractivity contribution in [2.24, 2.45) is 0 Å². The molecule has 0 unspecified atom stereocenters. The molecular formula is C18H17F3N6O2. The summed E-state index contributed by atoms with van der Waals surface area (Å²) < 4.78 is 45.3. The molecule has 0 fully saturated rings. The zero-order valence-electron chi connectivity index (χ0n) is 15.4. The van der Waals surface area contributed by atoms with Gasteiger partial charge in [0, 0.05) is 23.9 Å². The van der Waals surface area contributed by atoms with Gasteiger partial charge in [0.1, 0.15) is 18.2 Å². The smallest absolute Gasteiger partial charge is 0.453 e. The minimum Gasteiger partial charge on any atom is -0.492 e. The zero-order chi connectivity index (χ0) is 20.6. The number of hydrogen-bond donors (Lipinski definition) is 2. The molecule has 8 nitrogen and oxygen atoms in total. The number of carbonyl (C=O) groups is 1. The number of rotatable bonds is 5. The highest BCUT2D eigenvalue weighted by Crippen LogP contribution is 2.28. The molecule has 0 saturated carbocycles. The molecule has 4 rings (SSSR count). The molecule has 152 valence electrons. The fourth-order valence-electron chi connectivity index (χ4n) is 3.03. The lowest BCUT2D eigenvalue weighted by Crippen LogP contribution is -2.19. The van der Waals surface area contributed by atoms with Crippen LogP contribution in [-0.4, -0.2) is 38.6 Å². The first-order valence-corrected chi connectivity index (χ1v) is 8.91. The van der Waals surface area contributed by atoms with Crippen molar-refractivity contribution in [3.8, 4) is 5.75 Å². The van der Waals surface area contributed by atoms with E-state index < -0.39 is 12.0 Å². The number of anilines is 2. The van der Waals surface area contributed by atoms with Crippen LogP contribution in [0.25, 0.3) is 5.78 Å². The molecule has 2 N–H and O–H groups in total. The Balaban J connectivity index is 1.41. The van der Waals surface area contributed by atoms with Crippen LogP contribution in [-0.2, 0) is 17.4 Å². The second-order valence-corrected chi connectivity index (χ2v) is 6.57. The highest BCUT2D eigenvalue weighted by atomic mass is 19.4. The van der Waals surface area contributed by atoms with Gasteiger partial charge in [-0.15, -0.1) is 5.10 Å². The first-order valence-electron chi connectivity index (χ1n) is 8.91. The van der Waals surface area contributed by atoms with Crippen LogP contribution in [0.4, 0.5) is 24.7 Å². The summed E-state index contributed by atoms with van der Waals surface area (Å²) in [6.07, 6.45) is -3.56. The number of carbonyl (C=O) groups excluding carboxylic acids is 1. The molecule has 0 bridgehead atoms. The largest absolute Gasteiger partial charge is 0.492 e. The highest BCUT2D eigenvalue weighted by molar-refractivity contribution is 5.93. The number of aryl methyl sites for hydroxylation is 2. The molecule has 0 saturated heterocycles. The quantitative estimate of drug-likeness (QED) is 0.633. The Morgan fingerprint density at radius 3 is 2.86 bits per heavy atom. The third kappa shape index (κ3) is 4.08. The summed E-state index contributed by atoms with van der Waals surface area (Å²) in [5.74, 6) is -0.380. The van der Waals surface area contributed by atoms with Gasteiger partial charge < -0.3 is 15.4 Å². The number of nitrogens with one attached hydrogen (secondary N) is 2. The second-order valence-electron chi connectivity index (χ2n) is 6.57. The normalized spacial score (nSPS) is 13.9. The Morgan fingerprint density at radius 2 is 2.07 bits per heavy atom. The van der Waals surface area contributed by atoms with Crippen LogP contribution in [0, 0.1) is 6.92 Å². The van der Waals surface area contributed by atoms with Gasteiger partial charge in [0.05, 0.1) is 6.54 Å². The number of benzene rings is 1. The van der Waals surface area contributed by atoms with Crippen molar-refractivity contribution < 1.29 is 22.7 Å². The summed E-state index contributed by atoms with van der Waals surface area (Å²) in [6.45, 7) is 2.26. The van der Waals surface area contributed by atoms with Gasteiger partial charge in [-0.2, -0.15) is 22.7 Å². The molecule has 11 heteroatoms. The average molecular weight is 406 g/mol. The summed E-state index contributed by atoms with van der Waals surface area (Å²) in [6, 6.07) is 7.01. The van der Waals surface area contributed by atoms with Gasteiger partial charge in [0.15, 0.2) is 0 Å². The predicted molar refractivity (Wildman–Crippen MR) is 97.9 cm³/mol. The van der Waals surface area contributed by atoms with E-state index in [4.69, 9.17) is 4.74 Å². The van der Waals surface area contributed by atoms with E-state index in [1.165, 1.54) is 0 Å². The fourth-order valence-corrected chi connectivity index (χ4v) is 3.03. The van der Waals surface area contributed by atoms with Crippen LogP contribution >= 0.6 is 0 Å². The van der Waals surface area contributed by atoms with Gasteiger partial charge in [-0.05, 0) is 37.1 Å². The molecule has 0 atom stereocenters. The Kier molecular flexibility index (Phi) is 4.73. The predicted octanol–water partition coefficient (Wildman–Crippen LogP) is 2.83. The van der Waals surface area contributed by atoms with Crippen molar-refractivity contribution in [2.45, 2.75) is 25.9 Å². The van der Waals surface area contributed by atoms with Crippen LogP contribution in [0.5, 0.6) is 5.75 Å². The number of ether oxygens (including phenoxy) is 1. The van der Waals surface area contributed by atoms with Crippen molar-refractivity contribution in [1.82, 2.24) is 19.6 Å². The van der Waals surface area contributed by atoms with Crippen LogP contribution < -0.4 is 15.4 Å². The van der Waals surface area contributed by atoms with Crippen molar-refractivity contribution in [3.05, 3.63) is 41.3 Å². The van der Waals surface area contributed by atoms with Crippen molar-refractivity contribution in [3.63, 3.8) is 0 Å². The van der Waals surface area contributed by atoms with Crippen LogP contribution in [0.1, 0.15) is 23.5 Å². The van der Waals surface area contributed by atoms with Gasteiger partial charge in [-0.1, -0.05) is 0 Å². The lowest BCUT2D eigenvalue weighted by molar-refractivity contribution is -0.144. The standard InChI is InChI=1S/C18H17F3N6O2/c1-10-8-14(27-17(23-10)25-16(26-27)18(19,20)21)22-6-7-29-12-3-4-13-11(9-12)2-5-15(28)24-13/h3-4,8-9,22H,2,5-7H2,1H3,(H,24,28). The van der Waals surface area contributed by atoms with E-state index in [2.05, 4.69) is 25.7 Å². The highest BCUT2D eigenvalue weighted by Gasteiger charge is 2.36. The summed E-state index contributed by atoms with van der Waals surface area (Å²) in [4.78, 5) is 18.8. The number of amides is 1. The Bertz CT molecular complexity index is 1080. The monoisotopic (exact) mass is 406 g/mol. The molecule has 1 aliphatic rings. The molecule has 1 amide bonds. The molecule has 1 aliphatic heterocycles. The lowest BCUT2D eigenvalue weighted by Gasteiger charge is -2.17. The van der Waals surface area contributed by atoms with Gasteiger partial charge >= 0.3 is 6.18 Å². The summed E-state index contributed by atoms with van der Waals surface area (Å²) in [5, 5.41) is 9.30. The molecule has 0 spiro atoms. The van der Waals surface area contributed by atoms with E-state index in [1.54, 1.807) is 25.1 Å². The van der Waals surface area contributed by atoms with E-state index in [0.717, 1.165) is 15.8 Å². The number of halogens is 3. The maximum atomic E-state index is 12.9. The molecular weight excluding hydrogens is 389 g/mol. The third-order valence-electron chi connectivity index (χ3n) is 4.34. The van der Waals surface area contributed by atoms with E-state index >= 15 is 0 Å². The topological polar surface area (TPSA) is 93.4 Å². The van der Waals surface area contributed by atoms with Crippen molar-refractivity contribution >= 4 is 23.2 Å². The van der Waals surface area contributed by atoms with E-state index in [9.17, 15) is 18.0 Å². The van der Waals surface area contributed by atoms with E-state index in [1.807, 2.05) is 6.07 Å². The number of alkyl halides is 3. The molecule has 3 aromatic rings. The summed E-state index contributed by atoms with van der Waals surface area (Å²) in [5.41, 5.74) is 2.30. The molecule has 3 heterocycles. The second kappa shape index (κ2) is 7.22. The van der Waals surface area contributed by atoms with Crippen molar-refractivity contribution in [2.75, 3.05) is 23.8 Å². The fraction of sp³-hybridized carbons (Fsp3) is 0.333. The van der Waals surface area contributed by atoms with Gasteiger partial charge in [0.2, 0.25) is 5.91 Å². The van der Waals surface area contributed by atoms with Gasteiger partial charge in [0.25, 0.3) is 11.6 Å². The van der Waals surface area contributed by atoms with E-state index in [-0.39, 0.29) is 18.3 Å².